The second-order valence-corrected chi connectivity index (χ2v) is 5.20. The van der Waals surface area contributed by atoms with Gasteiger partial charge in [-0.3, -0.25) is 9.36 Å². The molecule has 100 valence electrons. The minimum Gasteiger partial charge on any atom is -0.481 e. The fourth-order valence-corrected chi connectivity index (χ4v) is 2.63. The number of ether oxygens (including phenoxy) is 1. The molecule has 0 saturated carbocycles. The number of hydrogen-bond acceptors (Lipinski definition) is 6. The molecule has 8 heteroatoms. The molecule has 2 unspecified atom stereocenters. The van der Waals surface area contributed by atoms with Crippen LogP contribution in [0.5, 0.6) is 0 Å². The van der Waals surface area contributed by atoms with Crippen molar-refractivity contribution in [2.45, 2.75) is 31.1 Å². The summed E-state index contributed by atoms with van der Waals surface area (Å²) in [6, 6.07) is 0. The fraction of sp³-hybridized carbons (Fsp3) is 0.700. The maximum Gasteiger partial charge on any atom is 0.313 e. The molecule has 1 fully saturated rings. The summed E-state index contributed by atoms with van der Waals surface area (Å²) in [6.45, 7) is 3.45. The maximum atomic E-state index is 10.6. The van der Waals surface area contributed by atoms with E-state index in [4.69, 9.17) is 15.6 Å². The minimum atomic E-state index is -0.884. The van der Waals surface area contributed by atoms with Gasteiger partial charge in [0.2, 0.25) is 5.95 Å². The summed E-state index contributed by atoms with van der Waals surface area (Å²) in [5.74, 6) is -0.241. The Labute approximate surface area is 109 Å². The minimum absolute atomic E-state index is 0.0468. The van der Waals surface area contributed by atoms with Gasteiger partial charge in [-0.25, -0.2) is 0 Å². The normalized spacial score (nSPS) is 23.4. The zero-order valence-electron chi connectivity index (χ0n) is 10.1. The number of carbonyl (C=O) groups is 1. The van der Waals surface area contributed by atoms with E-state index in [1.165, 1.54) is 0 Å². The second-order valence-electron chi connectivity index (χ2n) is 4.26. The van der Waals surface area contributed by atoms with E-state index in [-0.39, 0.29) is 11.9 Å². The van der Waals surface area contributed by atoms with Gasteiger partial charge in [-0.2, -0.15) is 0 Å². The lowest BCUT2D eigenvalue weighted by Gasteiger charge is -2.16. The third kappa shape index (κ3) is 2.94. The smallest absolute Gasteiger partial charge is 0.313 e. The molecule has 0 spiro atoms. The monoisotopic (exact) mass is 272 g/mol. The van der Waals surface area contributed by atoms with Crippen LogP contribution in [0, 0.1) is 5.92 Å². The number of thioether (sulfide) groups is 1. The highest BCUT2D eigenvalue weighted by atomic mass is 32.2. The molecule has 2 rings (SSSR count). The van der Waals surface area contributed by atoms with Crippen molar-refractivity contribution >= 4 is 23.7 Å². The molecule has 0 radical (unpaired) electrons. The van der Waals surface area contributed by atoms with Gasteiger partial charge in [0.05, 0.1) is 11.9 Å². The van der Waals surface area contributed by atoms with Crippen LogP contribution in [0.25, 0.3) is 0 Å². The molecular formula is C10H16N4O3S. The topological polar surface area (TPSA) is 103 Å². The molecule has 2 heterocycles. The molecule has 18 heavy (non-hydrogen) atoms. The first-order chi connectivity index (χ1) is 8.58. The Morgan fingerprint density at radius 3 is 3.06 bits per heavy atom. The Bertz CT molecular complexity index is 437. The largest absolute Gasteiger partial charge is 0.481 e. The number of nitrogens with zero attached hydrogens (tertiary/aromatic N) is 3. The Kier molecular flexibility index (Phi) is 4.07. The first-order valence-corrected chi connectivity index (χ1v) is 6.71. The van der Waals surface area contributed by atoms with Gasteiger partial charge < -0.3 is 15.6 Å². The van der Waals surface area contributed by atoms with E-state index in [9.17, 15) is 4.79 Å². The van der Waals surface area contributed by atoms with Gasteiger partial charge in [0.1, 0.15) is 0 Å². The van der Waals surface area contributed by atoms with E-state index in [2.05, 4.69) is 10.2 Å². The van der Waals surface area contributed by atoms with Gasteiger partial charge in [0, 0.05) is 19.1 Å². The Morgan fingerprint density at radius 2 is 2.44 bits per heavy atom. The molecule has 1 aromatic heterocycles. The number of carboxylic acids is 1. The molecule has 0 aliphatic carbocycles. The van der Waals surface area contributed by atoms with Crippen molar-refractivity contribution < 1.29 is 14.6 Å². The van der Waals surface area contributed by atoms with E-state index < -0.39 is 5.97 Å². The van der Waals surface area contributed by atoms with Gasteiger partial charge in [-0.15, -0.1) is 10.2 Å². The highest BCUT2D eigenvalue weighted by Crippen LogP contribution is 2.26. The predicted molar refractivity (Wildman–Crippen MR) is 66.3 cm³/mol. The molecule has 0 amide bonds. The summed E-state index contributed by atoms with van der Waals surface area (Å²) < 4.78 is 7.26. The number of rotatable bonds is 5. The number of hydrogen-bond donors (Lipinski definition) is 2. The first-order valence-electron chi connectivity index (χ1n) is 5.72. The van der Waals surface area contributed by atoms with Gasteiger partial charge in [0.25, 0.3) is 0 Å². The molecule has 1 aliphatic rings. The summed E-state index contributed by atoms with van der Waals surface area (Å²) in [5, 5.41) is 16.9. The lowest BCUT2D eigenvalue weighted by atomic mass is 10.0. The van der Waals surface area contributed by atoms with Crippen LogP contribution in [0.15, 0.2) is 5.16 Å². The quantitative estimate of drug-likeness (QED) is 0.750. The van der Waals surface area contributed by atoms with Crippen molar-refractivity contribution in [2.75, 3.05) is 18.1 Å². The second kappa shape index (κ2) is 5.57. The van der Waals surface area contributed by atoms with Gasteiger partial charge in [-0.1, -0.05) is 11.8 Å². The van der Waals surface area contributed by atoms with Crippen molar-refractivity contribution in [1.82, 2.24) is 14.8 Å². The summed E-state index contributed by atoms with van der Waals surface area (Å²) >= 11 is 1.13. The summed E-state index contributed by atoms with van der Waals surface area (Å²) in [5.41, 5.74) is 5.76. The fourth-order valence-electron chi connectivity index (χ4n) is 1.95. The van der Waals surface area contributed by atoms with Crippen LogP contribution in [0.2, 0.25) is 0 Å². The number of aliphatic carboxylic acids is 1. The average Bonchev–Trinajstić information content (AvgIpc) is 2.86. The summed E-state index contributed by atoms with van der Waals surface area (Å²) in [4.78, 5) is 10.6. The summed E-state index contributed by atoms with van der Waals surface area (Å²) in [6.07, 6.45) is 1.16. The van der Waals surface area contributed by atoms with Crippen LogP contribution in [-0.4, -0.2) is 44.3 Å². The third-order valence-electron chi connectivity index (χ3n) is 3.02. The first kappa shape index (κ1) is 13.2. The molecule has 2 atom stereocenters. The SMILES string of the molecule is CC1OCCC1Cn1c(N)nnc1SCC(=O)O. The molecule has 7 nitrogen and oxygen atoms in total. The number of anilines is 1. The highest BCUT2D eigenvalue weighted by molar-refractivity contribution is 7.99. The van der Waals surface area contributed by atoms with Crippen LogP contribution in [0.4, 0.5) is 5.95 Å². The molecule has 1 aromatic rings. The van der Waals surface area contributed by atoms with Crippen LogP contribution in [-0.2, 0) is 16.1 Å². The van der Waals surface area contributed by atoms with Gasteiger partial charge >= 0.3 is 5.97 Å². The molecule has 3 N–H and O–H groups in total. The van der Waals surface area contributed by atoms with E-state index >= 15 is 0 Å². The van der Waals surface area contributed by atoms with Gasteiger partial charge in [-0.05, 0) is 13.3 Å². The third-order valence-corrected chi connectivity index (χ3v) is 3.97. The van der Waals surface area contributed by atoms with Crippen LogP contribution >= 0.6 is 11.8 Å². The van der Waals surface area contributed by atoms with Crippen molar-refractivity contribution in [2.24, 2.45) is 5.92 Å². The Balaban J connectivity index is 2.06. The van der Waals surface area contributed by atoms with Gasteiger partial charge in [0.15, 0.2) is 5.16 Å². The number of carboxylic acid groups (broad SMARTS) is 1. The number of nitrogen functional groups attached to an aromatic ring is 1. The molecule has 0 bridgehead atoms. The van der Waals surface area contributed by atoms with Crippen molar-refractivity contribution in [3.8, 4) is 0 Å². The average molecular weight is 272 g/mol. The van der Waals surface area contributed by atoms with Crippen molar-refractivity contribution in [1.29, 1.82) is 0 Å². The van der Waals surface area contributed by atoms with Crippen molar-refractivity contribution in [3.05, 3.63) is 0 Å². The highest BCUT2D eigenvalue weighted by Gasteiger charge is 2.26. The lowest BCUT2D eigenvalue weighted by molar-refractivity contribution is -0.133. The molecular weight excluding hydrogens is 256 g/mol. The zero-order valence-corrected chi connectivity index (χ0v) is 10.9. The maximum absolute atomic E-state index is 10.6. The van der Waals surface area contributed by atoms with E-state index in [1.54, 1.807) is 4.57 Å². The summed E-state index contributed by atoms with van der Waals surface area (Å²) in [7, 11) is 0. The predicted octanol–water partition coefficient (Wildman–Crippen LogP) is 0.462. The zero-order chi connectivity index (χ0) is 13.1. The van der Waals surface area contributed by atoms with Crippen molar-refractivity contribution in [3.63, 3.8) is 0 Å². The van der Waals surface area contributed by atoms with E-state index in [0.717, 1.165) is 24.8 Å². The lowest BCUT2D eigenvalue weighted by Crippen LogP contribution is -2.19. The molecule has 0 aromatic carbocycles. The number of aromatic nitrogens is 3. The van der Waals surface area contributed by atoms with Crippen LogP contribution in [0.3, 0.4) is 0 Å². The standard InChI is InChI=1S/C10H16N4O3S/c1-6-7(2-3-17-6)4-14-9(11)12-13-10(14)18-5-8(15)16/h6-7H,2-5H2,1H3,(H2,11,12)(H,15,16). The van der Waals surface area contributed by atoms with Crippen LogP contribution in [0.1, 0.15) is 13.3 Å². The molecule has 1 aliphatic heterocycles. The van der Waals surface area contributed by atoms with E-state index in [0.29, 0.717) is 23.6 Å². The van der Waals surface area contributed by atoms with Crippen LogP contribution < -0.4 is 5.73 Å². The van der Waals surface area contributed by atoms with E-state index in [1.807, 2.05) is 6.92 Å². The Morgan fingerprint density at radius 1 is 1.67 bits per heavy atom. The Hall–Kier alpha value is -1.28. The number of nitrogens with two attached hydrogens (primary N) is 1. The molecule has 1 saturated heterocycles.